The summed E-state index contributed by atoms with van der Waals surface area (Å²) in [4.78, 5) is 11.3. The van der Waals surface area contributed by atoms with Crippen LogP contribution in [0.3, 0.4) is 0 Å². The number of rotatable bonds is 4. The van der Waals surface area contributed by atoms with Crippen molar-refractivity contribution in [1.82, 2.24) is 4.31 Å². The molecule has 4 N–H and O–H groups in total. The number of ether oxygens (including phenoxy) is 1. The number of primary amides is 1. The van der Waals surface area contributed by atoms with Gasteiger partial charge in [0.1, 0.15) is 5.75 Å². The lowest BCUT2D eigenvalue weighted by atomic mass is 10.2. The van der Waals surface area contributed by atoms with E-state index in [1.54, 1.807) is 0 Å². The van der Waals surface area contributed by atoms with Gasteiger partial charge >= 0.3 is 0 Å². The first kappa shape index (κ1) is 13.8. The molecule has 19 heavy (non-hydrogen) atoms. The topological polar surface area (TPSA) is 116 Å². The standard InChI is InChI=1S/C11H15N3O4S/c1-18-10-3-2-8(4-9(10)11(13)15)19(16,17)14-5-7(12)6-14/h2-4,7H,5-6,12H2,1H3,(H2,13,15). The number of hydrogen-bond acceptors (Lipinski definition) is 5. The van der Waals surface area contributed by atoms with E-state index in [0.29, 0.717) is 0 Å². The summed E-state index contributed by atoms with van der Waals surface area (Å²) in [6.07, 6.45) is 0. The quantitative estimate of drug-likeness (QED) is 0.745. The molecule has 1 aliphatic rings. The molecule has 8 heteroatoms. The third-order valence-corrected chi connectivity index (χ3v) is 4.78. The molecule has 1 aromatic carbocycles. The minimum atomic E-state index is -3.63. The lowest BCUT2D eigenvalue weighted by Gasteiger charge is -2.35. The highest BCUT2D eigenvalue weighted by Crippen LogP contribution is 2.26. The fourth-order valence-corrected chi connectivity index (χ4v) is 3.44. The van der Waals surface area contributed by atoms with Gasteiger partial charge in [-0.25, -0.2) is 8.42 Å². The first-order valence-corrected chi connectivity index (χ1v) is 7.04. The number of carbonyl (C=O) groups is 1. The number of carbonyl (C=O) groups excluding carboxylic acids is 1. The van der Waals surface area contributed by atoms with Crippen LogP contribution in [0.2, 0.25) is 0 Å². The van der Waals surface area contributed by atoms with Gasteiger partial charge in [0.2, 0.25) is 10.0 Å². The molecule has 0 aromatic heterocycles. The third kappa shape index (κ3) is 2.42. The van der Waals surface area contributed by atoms with Gasteiger partial charge in [-0.15, -0.1) is 0 Å². The SMILES string of the molecule is COc1ccc(S(=O)(=O)N2CC(N)C2)cc1C(N)=O. The molecule has 0 radical (unpaired) electrons. The van der Waals surface area contributed by atoms with Gasteiger partial charge in [-0.3, -0.25) is 4.79 Å². The van der Waals surface area contributed by atoms with Crippen LogP contribution in [0.5, 0.6) is 5.75 Å². The molecule has 0 unspecified atom stereocenters. The summed E-state index contributed by atoms with van der Waals surface area (Å²) in [5, 5.41) is 0. The van der Waals surface area contributed by atoms with Crippen molar-refractivity contribution in [2.24, 2.45) is 11.5 Å². The van der Waals surface area contributed by atoms with Crippen LogP contribution in [0.4, 0.5) is 0 Å². The second kappa shape index (κ2) is 4.80. The van der Waals surface area contributed by atoms with E-state index in [1.165, 1.54) is 29.6 Å². The molecule has 0 saturated carbocycles. The predicted octanol–water partition coefficient (Wildman–Crippen LogP) is -0.874. The number of sulfonamides is 1. The fraction of sp³-hybridized carbons (Fsp3) is 0.364. The summed E-state index contributed by atoms with van der Waals surface area (Å²) in [6.45, 7) is 0.556. The van der Waals surface area contributed by atoms with Crippen LogP contribution >= 0.6 is 0 Å². The maximum absolute atomic E-state index is 12.2. The van der Waals surface area contributed by atoms with Crippen LogP contribution < -0.4 is 16.2 Å². The molecule has 104 valence electrons. The molecule has 1 fully saturated rings. The average molecular weight is 285 g/mol. The zero-order valence-corrected chi connectivity index (χ0v) is 11.2. The van der Waals surface area contributed by atoms with E-state index in [-0.39, 0.29) is 35.3 Å². The minimum Gasteiger partial charge on any atom is -0.496 e. The van der Waals surface area contributed by atoms with Crippen molar-refractivity contribution in [3.05, 3.63) is 23.8 Å². The maximum Gasteiger partial charge on any atom is 0.252 e. The molecule has 0 spiro atoms. The van der Waals surface area contributed by atoms with Gasteiger partial charge in [-0.2, -0.15) is 4.31 Å². The van der Waals surface area contributed by atoms with Crippen molar-refractivity contribution in [3.8, 4) is 5.75 Å². The zero-order chi connectivity index (χ0) is 14.2. The van der Waals surface area contributed by atoms with E-state index >= 15 is 0 Å². The Kier molecular flexibility index (Phi) is 3.48. The van der Waals surface area contributed by atoms with E-state index in [2.05, 4.69) is 0 Å². The Bertz CT molecular complexity index is 608. The Labute approximate surface area is 111 Å². The van der Waals surface area contributed by atoms with E-state index < -0.39 is 15.9 Å². The van der Waals surface area contributed by atoms with E-state index in [0.717, 1.165) is 0 Å². The minimum absolute atomic E-state index is 0.00833. The summed E-state index contributed by atoms with van der Waals surface area (Å²) in [5.74, 6) is -0.499. The number of benzene rings is 1. The lowest BCUT2D eigenvalue weighted by Crippen LogP contribution is -2.57. The highest BCUT2D eigenvalue weighted by molar-refractivity contribution is 7.89. The Balaban J connectivity index is 2.41. The van der Waals surface area contributed by atoms with Gasteiger partial charge in [0.05, 0.1) is 17.6 Å². The summed E-state index contributed by atoms with van der Waals surface area (Å²) in [6, 6.07) is 3.88. The van der Waals surface area contributed by atoms with E-state index in [9.17, 15) is 13.2 Å². The molecular formula is C11H15N3O4S. The van der Waals surface area contributed by atoms with Gasteiger partial charge in [0, 0.05) is 19.1 Å². The van der Waals surface area contributed by atoms with Crippen LogP contribution in [0, 0.1) is 0 Å². The molecule has 7 nitrogen and oxygen atoms in total. The van der Waals surface area contributed by atoms with Gasteiger partial charge < -0.3 is 16.2 Å². The summed E-state index contributed by atoms with van der Waals surface area (Å²) >= 11 is 0. The van der Waals surface area contributed by atoms with Crippen molar-refractivity contribution in [1.29, 1.82) is 0 Å². The van der Waals surface area contributed by atoms with Crippen molar-refractivity contribution >= 4 is 15.9 Å². The highest BCUT2D eigenvalue weighted by Gasteiger charge is 2.35. The molecule has 0 bridgehead atoms. The number of amides is 1. The Hall–Kier alpha value is -1.64. The first-order valence-electron chi connectivity index (χ1n) is 5.60. The van der Waals surface area contributed by atoms with Crippen molar-refractivity contribution < 1.29 is 17.9 Å². The molecule has 1 saturated heterocycles. The number of nitrogens with two attached hydrogens (primary N) is 2. The molecule has 1 amide bonds. The summed E-state index contributed by atoms with van der Waals surface area (Å²) < 4.78 is 30.6. The van der Waals surface area contributed by atoms with Crippen LogP contribution in [0.25, 0.3) is 0 Å². The monoisotopic (exact) mass is 285 g/mol. The van der Waals surface area contributed by atoms with Crippen LogP contribution in [-0.4, -0.2) is 44.9 Å². The smallest absolute Gasteiger partial charge is 0.252 e. The summed E-state index contributed by atoms with van der Waals surface area (Å²) in [7, 11) is -2.25. The average Bonchev–Trinajstić information content (AvgIpc) is 2.33. The third-order valence-electron chi connectivity index (χ3n) is 2.95. The second-order valence-corrected chi connectivity index (χ2v) is 6.25. The largest absolute Gasteiger partial charge is 0.496 e. The first-order chi connectivity index (χ1) is 8.86. The van der Waals surface area contributed by atoms with E-state index in [1.807, 2.05) is 0 Å². The predicted molar refractivity (Wildman–Crippen MR) is 68.2 cm³/mol. The molecular weight excluding hydrogens is 270 g/mol. The number of nitrogens with zero attached hydrogens (tertiary/aromatic N) is 1. The van der Waals surface area contributed by atoms with Crippen LogP contribution in [0.15, 0.2) is 23.1 Å². The normalized spacial score (nSPS) is 16.9. The number of hydrogen-bond donors (Lipinski definition) is 2. The van der Waals surface area contributed by atoms with Gasteiger partial charge in [-0.1, -0.05) is 0 Å². The molecule has 2 rings (SSSR count). The van der Waals surface area contributed by atoms with Crippen LogP contribution in [0.1, 0.15) is 10.4 Å². The molecule has 1 aliphatic heterocycles. The van der Waals surface area contributed by atoms with Gasteiger partial charge in [0.15, 0.2) is 0 Å². The highest BCUT2D eigenvalue weighted by atomic mass is 32.2. The number of methoxy groups -OCH3 is 1. The van der Waals surface area contributed by atoms with Crippen molar-refractivity contribution in [2.75, 3.05) is 20.2 Å². The lowest BCUT2D eigenvalue weighted by molar-refractivity contribution is 0.0997. The molecule has 1 aromatic rings. The Morgan fingerprint density at radius 2 is 2.05 bits per heavy atom. The molecule has 0 atom stereocenters. The molecule has 1 heterocycles. The summed E-state index contributed by atoms with van der Waals surface area (Å²) in [5.41, 5.74) is 10.8. The van der Waals surface area contributed by atoms with Gasteiger partial charge in [0.25, 0.3) is 5.91 Å². The molecule has 0 aliphatic carbocycles. The maximum atomic E-state index is 12.2. The fourth-order valence-electron chi connectivity index (χ4n) is 1.86. The zero-order valence-electron chi connectivity index (χ0n) is 10.4. The van der Waals surface area contributed by atoms with Crippen molar-refractivity contribution in [3.63, 3.8) is 0 Å². The second-order valence-electron chi connectivity index (χ2n) is 4.31. The Morgan fingerprint density at radius 3 is 2.53 bits per heavy atom. The Morgan fingerprint density at radius 1 is 1.42 bits per heavy atom. The van der Waals surface area contributed by atoms with Crippen molar-refractivity contribution in [2.45, 2.75) is 10.9 Å². The van der Waals surface area contributed by atoms with E-state index in [4.69, 9.17) is 16.2 Å². The van der Waals surface area contributed by atoms with Gasteiger partial charge in [-0.05, 0) is 18.2 Å². The van der Waals surface area contributed by atoms with Crippen LogP contribution in [-0.2, 0) is 10.0 Å².